The topological polar surface area (TPSA) is 30.2 Å². The highest BCUT2D eigenvalue weighted by atomic mass is 15.3. The molecule has 0 saturated carbocycles. The summed E-state index contributed by atoms with van der Waals surface area (Å²) in [6.45, 7) is 0. The molecule has 1 aromatic heterocycles. The highest BCUT2D eigenvalue weighted by Crippen LogP contribution is 2.25. The van der Waals surface area contributed by atoms with Gasteiger partial charge in [-0.3, -0.25) is 0 Å². The molecule has 0 aliphatic rings. The molecule has 29 heavy (non-hydrogen) atoms. The fourth-order valence-corrected chi connectivity index (χ4v) is 3.49. The van der Waals surface area contributed by atoms with Gasteiger partial charge in [0.15, 0.2) is 5.49 Å². The van der Waals surface area contributed by atoms with E-state index in [-0.39, 0.29) is 0 Å². The van der Waals surface area contributed by atoms with Gasteiger partial charge in [0.1, 0.15) is 0 Å². The summed E-state index contributed by atoms with van der Waals surface area (Å²) in [6, 6.07) is 38.8. The van der Waals surface area contributed by atoms with Crippen LogP contribution in [0.1, 0.15) is 0 Å². The van der Waals surface area contributed by atoms with E-state index in [1.807, 2.05) is 71.4 Å². The summed E-state index contributed by atoms with van der Waals surface area (Å²) in [5, 5.41) is 7.21. The molecule has 3 nitrogen and oxygen atoms in total. The predicted molar refractivity (Wildman–Crippen MR) is 118 cm³/mol. The average Bonchev–Trinajstić information content (AvgIpc) is 2.81. The molecular weight excluding hydrogens is 354 g/mol. The molecule has 1 heterocycles. The molecule has 0 aliphatic heterocycles. The fraction of sp³-hybridized carbons (Fsp3) is 0. The van der Waals surface area contributed by atoms with Gasteiger partial charge in [-0.1, -0.05) is 91.0 Å². The second-order valence-corrected chi connectivity index (χ2v) is 6.78. The molecule has 0 fully saturated rings. The van der Waals surface area contributed by atoms with Gasteiger partial charge in [-0.05, 0) is 24.3 Å². The Hall–Kier alpha value is -3.98. The number of benzene rings is 4. The number of fused-ring (bicyclic) bond motifs is 1. The van der Waals surface area contributed by atoms with Gasteiger partial charge in [-0.25, -0.2) is 9.67 Å². The first kappa shape index (κ1) is 17.1. The van der Waals surface area contributed by atoms with E-state index in [0.717, 1.165) is 38.9 Å². The molecule has 0 unspecified atom stereocenters. The van der Waals surface area contributed by atoms with Gasteiger partial charge in [0.2, 0.25) is 0 Å². The molecule has 138 valence electrons. The van der Waals surface area contributed by atoms with Crippen molar-refractivity contribution in [2.24, 2.45) is 4.99 Å². The van der Waals surface area contributed by atoms with Crippen molar-refractivity contribution in [3.8, 4) is 16.9 Å². The van der Waals surface area contributed by atoms with Crippen LogP contribution in [0.15, 0.2) is 120 Å². The molecule has 4 aromatic carbocycles. The Kier molecular flexibility index (Phi) is 4.47. The summed E-state index contributed by atoms with van der Waals surface area (Å²) in [5.74, 6) is 0. The Bertz CT molecular complexity index is 1320. The van der Waals surface area contributed by atoms with Gasteiger partial charge in [-0.2, -0.15) is 5.10 Å². The van der Waals surface area contributed by atoms with Crippen molar-refractivity contribution < 1.29 is 0 Å². The van der Waals surface area contributed by atoms with Crippen LogP contribution < -0.4 is 5.49 Å². The van der Waals surface area contributed by atoms with E-state index in [9.17, 15) is 0 Å². The molecule has 0 atom stereocenters. The van der Waals surface area contributed by atoms with E-state index in [4.69, 9.17) is 10.1 Å². The van der Waals surface area contributed by atoms with Crippen LogP contribution in [0.3, 0.4) is 0 Å². The molecule has 0 saturated heterocycles. The molecular formula is C26H19N3. The number of aromatic nitrogens is 2. The zero-order valence-corrected chi connectivity index (χ0v) is 15.8. The van der Waals surface area contributed by atoms with Crippen LogP contribution >= 0.6 is 0 Å². The summed E-state index contributed by atoms with van der Waals surface area (Å²) in [5.41, 5.74) is 4.72. The lowest BCUT2D eigenvalue weighted by Gasteiger charge is -2.13. The quantitative estimate of drug-likeness (QED) is 0.386. The Labute approximate surface area is 169 Å². The zero-order chi connectivity index (χ0) is 19.5. The zero-order valence-electron chi connectivity index (χ0n) is 15.8. The van der Waals surface area contributed by atoms with Crippen LogP contribution in [0.25, 0.3) is 27.7 Å². The molecule has 5 rings (SSSR count). The number of hydrogen-bond donors (Lipinski definition) is 0. The summed E-state index contributed by atoms with van der Waals surface area (Å²) in [7, 11) is 0. The third-order valence-corrected chi connectivity index (χ3v) is 4.86. The highest BCUT2D eigenvalue weighted by molar-refractivity contribution is 5.93. The first-order valence-electron chi connectivity index (χ1n) is 9.63. The molecule has 0 spiro atoms. The Balaban J connectivity index is 1.92. The second kappa shape index (κ2) is 7.56. The third kappa shape index (κ3) is 3.34. The van der Waals surface area contributed by atoms with Gasteiger partial charge in [0, 0.05) is 16.3 Å². The summed E-state index contributed by atoms with van der Waals surface area (Å²) in [4.78, 5) is 4.98. The molecule has 0 N–H and O–H groups in total. The van der Waals surface area contributed by atoms with Gasteiger partial charge in [0.05, 0.1) is 17.1 Å². The lowest BCUT2D eigenvalue weighted by Crippen LogP contribution is -2.23. The number of nitrogens with zero attached hydrogens (tertiary/aromatic N) is 3. The van der Waals surface area contributed by atoms with Gasteiger partial charge in [-0.15, -0.1) is 0 Å². The van der Waals surface area contributed by atoms with Crippen molar-refractivity contribution in [3.05, 3.63) is 121 Å². The summed E-state index contributed by atoms with van der Waals surface area (Å²) < 4.78 is 1.94. The van der Waals surface area contributed by atoms with Crippen molar-refractivity contribution in [2.45, 2.75) is 0 Å². The molecule has 0 amide bonds. The van der Waals surface area contributed by atoms with E-state index < -0.39 is 0 Å². The monoisotopic (exact) mass is 373 g/mol. The minimum absolute atomic E-state index is 0.817. The molecule has 3 heteroatoms. The Morgan fingerprint density at radius 2 is 1.10 bits per heavy atom. The Morgan fingerprint density at radius 1 is 0.552 bits per heavy atom. The lowest BCUT2D eigenvalue weighted by atomic mass is 10.0. The molecule has 5 aromatic rings. The van der Waals surface area contributed by atoms with Crippen molar-refractivity contribution in [2.75, 3.05) is 0 Å². The van der Waals surface area contributed by atoms with Crippen LogP contribution in [0.5, 0.6) is 0 Å². The van der Waals surface area contributed by atoms with Crippen molar-refractivity contribution >= 4 is 16.5 Å². The predicted octanol–water partition coefficient (Wildman–Crippen LogP) is 5.92. The normalized spacial score (nSPS) is 11.7. The minimum atomic E-state index is 0.817. The van der Waals surface area contributed by atoms with E-state index in [2.05, 4.69) is 48.5 Å². The fourth-order valence-electron chi connectivity index (χ4n) is 3.49. The standard InChI is InChI=1S/C26H19N3/c1-4-12-20(13-5-1)25-23-18-10-11-19-24(23)26(27-21-14-6-2-7-15-21)29(28-25)22-16-8-3-9-17-22/h1-19H. The first-order valence-corrected chi connectivity index (χ1v) is 9.63. The lowest BCUT2D eigenvalue weighted by molar-refractivity contribution is 0.807. The average molecular weight is 373 g/mol. The van der Waals surface area contributed by atoms with Gasteiger partial charge < -0.3 is 0 Å². The third-order valence-electron chi connectivity index (χ3n) is 4.86. The first-order chi connectivity index (χ1) is 14.4. The number of para-hydroxylation sites is 2. The van der Waals surface area contributed by atoms with Crippen LogP contribution in [0.4, 0.5) is 5.69 Å². The SMILES string of the molecule is c1ccc(N=c2c3ccccc3c(-c3ccccc3)nn2-c2ccccc2)cc1. The minimum Gasteiger partial charge on any atom is -0.229 e. The maximum Gasteiger partial charge on any atom is 0.162 e. The van der Waals surface area contributed by atoms with Crippen LogP contribution in [-0.4, -0.2) is 9.78 Å². The molecule has 0 aliphatic carbocycles. The van der Waals surface area contributed by atoms with E-state index >= 15 is 0 Å². The van der Waals surface area contributed by atoms with E-state index in [1.54, 1.807) is 0 Å². The number of rotatable bonds is 3. The van der Waals surface area contributed by atoms with E-state index in [0.29, 0.717) is 0 Å². The second-order valence-electron chi connectivity index (χ2n) is 6.78. The van der Waals surface area contributed by atoms with Crippen molar-refractivity contribution in [1.29, 1.82) is 0 Å². The van der Waals surface area contributed by atoms with Gasteiger partial charge >= 0.3 is 0 Å². The van der Waals surface area contributed by atoms with Crippen LogP contribution in [0.2, 0.25) is 0 Å². The van der Waals surface area contributed by atoms with Gasteiger partial charge in [0.25, 0.3) is 0 Å². The maximum absolute atomic E-state index is 5.06. The smallest absolute Gasteiger partial charge is 0.162 e. The molecule has 0 radical (unpaired) electrons. The summed E-state index contributed by atoms with van der Waals surface area (Å²) in [6.07, 6.45) is 0. The Morgan fingerprint density at radius 3 is 1.79 bits per heavy atom. The maximum atomic E-state index is 5.06. The highest BCUT2D eigenvalue weighted by Gasteiger charge is 2.12. The van der Waals surface area contributed by atoms with Crippen molar-refractivity contribution in [3.63, 3.8) is 0 Å². The van der Waals surface area contributed by atoms with E-state index in [1.165, 1.54) is 0 Å². The van der Waals surface area contributed by atoms with Crippen LogP contribution in [-0.2, 0) is 0 Å². The van der Waals surface area contributed by atoms with Crippen LogP contribution in [0, 0.1) is 0 Å². The number of hydrogen-bond acceptors (Lipinski definition) is 2. The van der Waals surface area contributed by atoms with Crippen molar-refractivity contribution in [1.82, 2.24) is 9.78 Å². The summed E-state index contributed by atoms with van der Waals surface area (Å²) >= 11 is 0. The largest absolute Gasteiger partial charge is 0.229 e. The molecule has 0 bridgehead atoms.